The van der Waals surface area contributed by atoms with Crippen molar-refractivity contribution in [1.82, 2.24) is 9.97 Å². The molecule has 2 heterocycles. The lowest BCUT2D eigenvalue weighted by Crippen LogP contribution is -2.13. The number of ketones is 1. The van der Waals surface area contributed by atoms with Gasteiger partial charge in [0.1, 0.15) is 11.6 Å². The molecule has 0 bridgehead atoms. The summed E-state index contributed by atoms with van der Waals surface area (Å²) in [6.45, 7) is 0. The van der Waals surface area contributed by atoms with E-state index in [-0.39, 0.29) is 11.6 Å². The third-order valence-electron chi connectivity index (χ3n) is 3.86. The number of carbonyl (C=O) groups is 1. The first-order valence-electron chi connectivity index (χ1n) is 7.91. The van der Waals surface area contributed by atoms with Gasteiger partial charge in [-0.2, -0.15) is 0 Å². The first kappa shape index (κ1) is 16.5. The zero-order chi connectivity index (χ0) is 17.9. The number of ether oxygens (including phenoxy) is 1. The Bertz CT molecular complexity index is 988. The minimum absolute atomic E-state index is 0.127. The second-order valence-corrected chi connectivity index (χ2v) is 6.60. The summed E-state index contributed by atoms with van der Waals surface area (Å²) in [5.74, 6) is 1.02. The number of carbonyl (C=O) groups excluding carboxylic acids is 1. The summed E-state index contributed by atoms with van der Waals surface area (Å²) in [6.07, 6.45) is 6.49. The fourth-order valence-corrected chi connectivity index (χ4v) is 3.66. The highest BCUT2D eigenvalue weighted by atomic mass is 32.2. The van der Waals surface area contributed by atoms with Gasteiger partial charge in [0.2, 0.25) is 5.88 Å². The van der Waals surface area contributed by atoms with Crippen LogP contribution in [0.1, 0.15) is 15.9 Å². The predicted molar refractivity (Wildman–Crippen MR) is 98.0 cm³/mol. The highest BCUT2D eigenvalue weighted by Crippen LogP contribution is 2.35. The van der Waals surface area contributed by atoms with Crippen molar-refractivity contribution in [3.8, 4) is 11.6 Å². The molecular weight excluding hydrogens is 351 g/mol. The molecule has 1 aliphatic rings. The van der Waals surface area contributed by atoms with Crippen molar-refractivity contribution >= 4 is 23.6 Å². The highest BCUT2D eigenvalue weighted by molar-refractivity contribution is 7.99. The van der Waals surface area contributed by atoms with Crippen molar-refractivity contribution in [2.24, 2.45) is 0 Å². The van der Waals surface area contributed by atoms with Gasteiger partial charge >= 0.3 is 0 Å². The van der Waals surface area contributed by atoms with E-state index in [1.807, 2.05) is 18.2 Å². The number of hydrogen-bond acceptors (Lipinski definition) is 5. The van der Waals surface area contributed by atoms with Crippen LogP contribution in [0.25, 0.3) is 6.08 Å². The molecule has 0 atom stereocenters. The number of fused-ring (bicyclic) bond motifs is 1. The van der Waals surface area contributed by atoms with Gasteiger partial charge in [0.15, 0.2) is 5.78 Å². The Morgan fingerprint density at radius 3 is 2.73 bits per heavy atom. The fraction of sp³-hybridized carbons (Fsp3) is 0.0500. The van der Waals surface area contributed by atoms with Crippen LogP contribution in [0.2, 0.25) is 0 Å². The van der Waals surface area contributed by atoms with Crippen LogP contribution in [0.15, 0.2) is 71.5 Å². The van der Waals surface area contributed by atoms with Gasteiger partial charge in [0, 0.05) is 29.3 Å². The third-order valence-corrected chi connectivity index (χ3v) is 5.02. The molecule has 0 radical (unpaired) electrons. The Balaban J connectivity index is 1.54. The number of benzene rings is 2. The van der Waals surface area contributed by atoms with Crippen LogP contribution in [-0.2, 0) is 0 Å². The Kier molecular flexibility index (Phi) is 4.50. The minimum atomic E-state index is -0.342. The second kappa shape index (κ2) is 7.09. The molecule has 0 amide bonds. The molecule has 4 nitrogen and oxygen atoms in total. The average Bonchev–Trinajstić information content (AvgIpc) is 2.67. The number of halogens is 1. The normalized spacial score (nSPS) is 15.0. The molecule has 0 unspecified atom stereocenters. The lowest BCUT2D eigenvalue weighted by Gasteiger charge is -2.17. The molecule has 26 heavy (non-hydrogen) atoms. The Hall–Kier alpha value is -2.99. The molecule has 6 heteroatoms. The van der Waals surface area contributed by atoms with Crippen molar-refractivity contribution in [1.29, 1.82) is 0 Å². The van der Waals surface area contributed by atoms with E-state index >= 15 is 0 Å². The summed E-state index contributed by atoms with van der Waals surface area (Å²) < 4.78 is 19.4. The molecule has 1 aromatic heterocycles. The average molecular weight is 364 g/mol. The topological polar surface area (TPSA) is 52.1 Å². The SMILES string of the molecule is O=C1/C(=C/c2ccc(Oc3cnccn3)cc2)CSc2c(F)cccc21. The predicted octanol–water partition coefficient (Wildman–Crippen LogP) is 4.78. The Morgan fingerprint density at radius 2 is 1.96 bits per heavy atom. The summed E-state index contributed by atoms with van der Waals surface area (Å²) in [5.41, 5.74) is 1.95. The molecule has 0 saturated carbocycles. The molecule has 0 saturated heterocycles. The summed E-state index contributed by atoms with van der Waals surface area (Å²) in [6, 6.07) is 11.9. The quantitative estimate of drug-likeness (QED) is 0.626. The van der Waals surface area contributed by atoms with Crippen LogP contribution in [0.5, 0.6) is 11.6 Å². The first-order valence-corrected chi connectivity index (χ1v) is 8.90. The highest BCUT2D eigenvalue weighted by Gasteiger charge is 2.24. The van der Waals surface area contributed by atoms with Gasteiger partial charge in [-0.3, -0.25) is 9.78 Å². The zero-order valence-electron chi connectivity index (χ0n) is 13.6. The fourth-order valence-electron chi connectivity index (χ4n) is 2.62. The monoisotopic (exact) mass is 364 g/mol. The number of aromatic nitrogens is 2. The van der Waals surface area contributed by atoms with E-state index < -0.39 is 0 Å². The van der Waals surface area contributed by atoms with E-state index in [0.29, 0.717) is 33.4 Å². The molecule has 0 fully saturated rings. The van der Waals surface area contributed by atoms with Gasteiger partial charge in [-0.05, 0) is 35.9 Å². The number of Topliss-reactive ketones (excluding diaryl/α,β-unsaturated/α-hetero) is 1. The number of hydrogen-bond donors (Lipinski definition) is 0. The molecule has 2 aromatic carbocycles. The van der Waals surface area contributed by atoms with Gasteiger partial charge in [-0.25, -0.2) is 9.37 Å². The smallest absolute Gasteiger partial charge is 0.237 e. The van der Waals surface area contributed by atoms with E-state index in [1.165, 1.54) is 24.0 Å². The van der Waals surface area contributed by atoms with Crippen molar-refractivity contribution in [3.05, 3.63) is 83.6 Å². The molecule has 1 aliphatic heterocycles. The molecule has 0 spiro atoms. The Morgan fingerprint density at radius 1 is 1.12 bits per heavy atom. The van der Waals surface area contributed by atoms with Crippen molar-refractivity contribution in [2.45, 2.75) is 4.90 Å². The van der Waals surface area contributed by atoms with E-state index in [1.54, 1.807) is 36.7 Å². The van der Waals surface area contributed by atoms with Gasteiger partial charge in [0.25, 0.3) is 0 Å². The maximum absolute atomic E-state index is 13.8. The van der Waals surface area contributed by atoms with Crippen LogP contribution in [-0.4, -0.2) is 21.5 Å². The van der Waals surface area contributed by atoms with Crippen molar-refractivity contribution < 1.29 is 13.9 Å². The molecule has 0 aliphatic carbocycles. The summed E-state index contributed by atoms with van der Waals surface area (Å²) in [5, 5.41) is 0. The molecule has 3 aromatic rings. The van der Waals surface area contributed by atoms with Crippen molar-refractivity contribution in [3.63, 3.8) is 0 Å². The van der Waals surface area contributed by atoms with Gasteiger partial charge < -0.3 is 4.74 Å². The van der Waals surface area contributed by atoms with Crippen molar-refractivity contribution in [2.75, 3.05) is 5.75 Å². The van der Waals surface area contributed by atoms with Crippen LogP contribution in [0.4, 0.5) is 4.39 Å². The zero-order valence-corrected chi connectivity index (χ0v) is 14.4. The second-order valence-electron chi connectivity index (χ2n) is 5.62. The lowest BCUT2D eigenvalue weighted by atomic mass is 10.0. The first-order chi connectivity index (χ1) is 12.7. The van der Waals surface area contributed by atoms with Gasteiger partial charge in [0.05, 0.1) is 11.1 Å². The van der Waals surface area contributed by atoms with E-state index in [9.17, 15) is 9.18 Å². The molecular formula is C20H13FN2O2S. The lowest BCUT2D eigenvalue weighted by molar-refractivity contribution is 0.103. The van der Waals surface area contributed by atoms with Gasteiger partial charge in [-0.15, -0.1) is 11.8 Å². The maximum atomic E-state index is 13.8. The maximum Gasteiger partial charge on any atom is 0.237 e. The molecule has 0 N–H and O–H groups in total. The summed E-state index contributed by atoms with van der Waals surface area (Å²) in [4.78, 5) is 21.0. The van der Waals surface area contributed by atoms with E-state index in [0.717, 1.165) is 5.56 Å². The van der Waals surface area contributed by atoms with Crippen LogP contribution in [0, 0.1) is 5.82 Å². The number of nitrogens with zero attached hydrogens (tertiary/aromatic N) is 2. The van der Waals surface area contributed by atoms with Crippen LogP contribution < -0.4 is 4.74 Å². The number of thioether (sulfide) groups is 1. The standard InChI is InChI=1S/C20H13FN2O2S/c21-17-3-1-2-16-19(24)14(12-26-20(16)17)10-13-4-6-15(7-5-13)25-18-11-22-8-9-23-18/h1-11H,12H2/b14-10+. The van der Waals surface area contributed by atoms with Crippen LogP contribution >= 0.6 is 11.8 Å². The van der Waals surface area contributed by atoms with Gasteiger partial charge in [-0.1, -0.05) is 18.2 Å². The molecule has 4 rings (SSSR count). The summed E-state index contributed by atoms with van der Waals surface area (Å²) in [7, 11) is 0. The van der Waals surface area contributed by atoms with Crippen LogP contribution in [0.3, 0.4) is 0 Å². The summed E-state index contributed by atoms with van der Waals surface area (Å²) >= 11 is 1.35. The van der Waals surface area contributed by atoms with E-state index in [4.69, 9.17) is 4.74 Å². The van der Waals surface area contributed by atoms with E-state index in [2.05, 4.69) is 9.97 Å². The third kappa shape index (κ3) is 3.36. The number of rotatable bonds is 3. The minimum Gasteiger partial charge on any atom is -0.438 e. The largest absolute Gasteiger partial charge is 0.438 e. The molecule has 128 valence electrons. The Labute approximate surface area is 153 Å².